The van der Waals surface area contributed by atoms with Crippen molar-refractivity contribution in [2.24, 2.45) is 0 Å². The number of ether oxygens (including phenoxy) is 1. The van der Waals surface area contributed by atoms with Gasteiger partial charge in [0.2, 0.25) is 0 Å². The third-order valence-corrected chi connectivity index (χ3v) is 3.84. The van der Waals surface area contributed by atoms with Gasteiger partial charge in [-0.25, -0.2) is 4.79 Å². The van der Waals surface area contributed by atoms with Crippen molar-refractivity contribution in [1.82, 2.24) is 4.98 Å². The summed E-state index contributed by atoms with van der Waals surface area (Å²) in [6, 6.07) is 1.52. The first-order chi connectivity index (χ1) is 8.25. The number of carboxylic acid groups (broad SMARTS) is 1. The van der Waals surface area contributed by atoms with Gasteiger partial charge in [-0.1, -0.05) is 0 Å². The number of carboxylic acids is 1. The van der Waals surface area contributed by atoms with Gasteiger partial charge in [0, 0.05) is 16.9 Å². The molecular formula is C12H9NO3S. The molecule has 0 saturated carbocycles. The van der Waals surface area contributed by atoms with Crippen molar-refractivity contribution in [3.8, 4) is 5.75 Å². The molecule has 0 aromatic carbocycles. The molecule has 0 fully saturated rings. The molecule has 0 unspecified atom stereocenters. The van der Waals surface area contributed by atoms with Gasteiger partial charge in [-0.05, 0) is 24.1 Å². The van der Waals surface area contributed by atoms with Crippen LogP contribution in [0.15, 0.2) is 30.2 Å². The lowest BCUT2D eigenvalue weighted by Crippen LogP contribution is -2.00. The maximum absolute atomic E-state index is 10.9. The van der Waals surface area contributed by atoms with Gasteiger partial charge >= 0.3 is 5.97 Å². The minimum atomic E-state index is -0.995. The molecule has 17 heavy (non-hydrogen) atoms. The van der Waals surface area contributed by atoms with Crippen molar-refractivity contribution < 1.29 is 14.6 Å². The predicted octanol–water partition coefficient (Wildman–Crippen LogP) is 2.53. The minimum absolute atomic E-state index is 0.143. The van der Waals surface area contributed by atoms with Crippen LogP contribution in [0.5, 0.6) is 5.75 Å². The Labute approximate surface area is 102 Å². The number of rotatable bonds is 1. The number of carbonyl (C=O) groups is 1. The third kappa shape index (κ3) is 1.72. The van der Waals surface area contributed by atoms with Crippen LogP contribution in [0.25, 0.3) is 4.91 Å². The summed E-state index contributed by atoms with van der Waals surface area (Å²) in [6.07, 6.45) is 5.90. The molecule has 0 aliphatic carbocycles. The Kier molecular flexibility index (Phi) is 2.40. The highest BCUT2D eigenvalue weighted by molar-refractivity contribution is 8.08. The maximum Gasteiger partial charge on any atom is 0.337 e. The minimum Gasteiger partial charge on any atom is -0.478 e. The van der Waals surface area contributed by atoms with Crippen molar-refractivity contribution in [1.29, 1.82) is 0 Å². The van der Waals surface area contributed by atoms with Crippen LogP contribution in [0.2, 0.25) is 0 Å². The number of fused-ring (bicyclic) bond motifs is 2. The zero-order chi connectivity index (χ0) is 11.8. The van der Waals surface area contributed by atoms with Crippen LogP contribution >= 0.6 is 11.8 Å². The molecule has 1 aromatic rings. The molecule has 3 heterocycles. The Bertz CT molecular complexity index is 563. The first-order valence-corrected chi connectivity index (χ1v) is 6.17. The van der Waals surface area contributed by atoms with Gasteiger partial charge in [-0.15, -0.1) is 11.8 Å². The van der Waals surface area contributed by atoms with Gasteiger partial charge < -0.3 is 9.84 Å². The molecule has 1 aromatic heterocycles. The molecule has 2 aliphatic heterocycles. The number of aromatic nitrogens is 1. The fraction of sp³-hybridized carbons (Fsp3) is 0.167. The number of nitrogens with zero attached hydrogens (tertiary/aromatic N) is 1. The SMILES string of the molecule is O=C(O)c1cnc2c(c1)OC=CC1=C2SCC1. The van der Waals surface area contributed by atoms with Crippen LogP contribution in [0.4, 0.5) is 0 Å². The topological polar surface area (TPSA) is 59.4 Å². The van der Waals surface area contributed by atoms with Crippen LogP contribution in [0, 0.1) is 0 Å². The molecule has 0 spiro atoms. The van der Waals surface area contributed by atoms with Crippen molar-refractivity contribution in [2.75, 3.05) is 5.75 Å². The Balaban J connectivity index is 2.15. The number of hydrogen-bond donors (Lipinski definition) is 1. The van der Waals surface area contributed by atoms with Gasteiger partial charge in [0.15, 0.2) is 5.75 Å². The lowest BCUT2D eigenvalue weighted by Gasteiger charge is -2.07. The van der Waals surface area contributed by atoms with Crippen molar-refractivity contribution in [2.45, 2.75) is 6.42 Å². The zero-order valence-electron chi connectivity index (χ0n) is 8.84. The summed E-state index contributed by atoms with van der Waals surface area (Å²) in [5, 5.41) is 8.91. The van der Waals surface area contributed by atoms with Crippen LogP contribution < -0.4 is 4.74 Å². The van der Waals surface area contributed by atoms with E-state index in [1.807, 2.05) is 6.08 Å². The molecule has 5 heteroatoms. The molecule has 0 amide bonds. The molecule has 86 valence electrons. The predicted molar refractivity (Wildman–Crippen MR) is 65.0 cm³/mol. The second-order valence-electron chi connectivity index (χ2n) is 3.75. The molecule has 0 radical (unpaired) electrons. The maximum atomic E-state index is 10.9. The fourth-order valence-corrected chi connectivity index (χ4v) is 3.03. The Morgan fingerprint density at radius 1 is 1.53 bits per heavy atom. The highest BCUT2D eigenvalue weighted by Gasteiger charge is 2.23. The molecule has 0 bridgehead atoms. The van der Waals surface area contributed by atoms with E-state index in [0.29, 0.717) is 5.75 Å². The van der Waals surface area contributed by atoms with Crippen molar-refractivity contribution in [3.05, 3.63) is 41.4 Å². The van der Waals surface area contributed by atoms with E-state index < -0.39 is 5.97 Å². The van der Waals surface area contributed by atoms with Crippen LogP contribution in [-0.4, -0.2) is 21.8 Å². The summed E-state index contributed by atoms with van der Waals surface area (Å²) in [5.41, 5.74) is 2.10. The highest BCUT2D eigenvalue weighted by Crippen LogP contribution is 2.43. The van der Waals surface area contributed by atoms with E-state index >= 15 is 0 Å². The molecular weight excluding hydrogens is 238 g/mol. The average molecular weight is 247 g/mol. The van der Waals surface area contributed by atoms with Crippen LogP contribution in [-0.2, 0) is 0 Å². The molecule has 1 N–H and O–H groups in total. The van der Waals surface area contributed by atoms with E-state index in [2.05, 4.69) is 4.98 Å². The molecule has 4 nitrogen and oxygen atoms in total. The Morgan fingerprint density at radius 2 is 2.41 bits per heavy atom. The number of hydrogen-bond acceptors (Lipinski definition) is 4. The van der Waals surface area contributed by atoms with Crippen LogP contribution in [0.1, 0.15) is 22.5 Å². The highest BCUT2D eigenvalue weighted by atomic mass is 32.2. The molecule has 2 aliphatic rings. The number of pyridine rings is 1. The first-order valence-electron chi connectivity index (χ1n) is 5.18. The first kappa shape index (κ1) is 10.4. The number of thioether (sulfide) groups is 1. The second kappa shape index (κ2) is 3.92. The number of allylic oxidation sites excluding steroid dienone is 2. The van der Waals surface area contributed by atoms with Gasteiger partial charge in [-0.3, -0.25) is 4.98 Å². The molecule has 0 saturated heterocycles. The van der Waals surface area contributed by atoms with E-state index in [1.165, 1.54) is 17.8 Å². The monoisotopic (exact) mass is 247 g/mol. The van der Waals surface area contributed by atoms with E-state index in [-0.39, 0.29) is 5.56 Å². The zero-order valence-corrected chi connectivity index (χ0v) is 9.66. The summed E-state index contributed by atoms with van der Waals surface area (Å²) < 4.78 is 5.41. The largest absolute Gasteiger partial charge is 0.478 e. The van der Waals surface area contributed by atoms with Crippen molar-refractivity contribution >= 4 is 22.6 Å². The summed E-state index contributed by atoms with van der Waals surface area (Å²) in [4.78, 5) is 16.2. The summed E-state index contributed by atoms with van der Waals surface area (Å²) in [7, 11) is 0. The van der Waals surface area contributed by atoms with Crippen LogP contribution in [0.3, 0.4) is 0 Å². The average Bonchev–Trinajstić information content (AvgIpc) is 2.71. The normalized spacial score (nSPS) is 17.2. The Morgan fingerprint density at radius 3 is 3.24 bits per heavy atom. The smallest absolute Gasteiger partial charge is 0.337 e. The lowest BCUT2D eigenvalue weighted by molar-refractivity contribution is 0.0696. The van der Waals surface area contributed by atoms with Gasteiger partial charge in [0.05, 0.1) is 11.8 Å². The van der Waals surface area contributed by atoms with Gasteiger partial charge in [0.1, 0.15) is 5.69 Å². The second-order valence-corrected chi connectivity index (χ2v) is 4.85. The summed E-state index contributed by atoms with van der Waals surface area (Å²) in [5.74, 6) is 0.558. The van der Waals surface area contributed by atoms with E-state index in [0.717, 1.165) is 22.8 Å². The van der Waals surface area contributed by atoms with Gasteiger partial charge in [-0.2, -0.15) is 0 Å². The van der Waals surface area contributed by atoms with Crippen molar-refractivity contribution in [3.63, 3.8) is 0 Å². The fourth-order valence-electron chi connectivity index (χ4n) is 1.86. The summed E-state index contributed by atoms with van der Waals surface area (Å²) >= 11 is 1.74. The third-order valence-electron chi connectivity index (χ3n) is 2.69. The Hall–Kier alpha value is -1.75. The van der Waals surface area contributed by atoms with E-state index in [4.69, 9.17) is 9.84 Å². The molecule has 3 rings (SSSR count). The lowest BCUT2D eigenvalue weighted by atomic mass is 10.1. The van der Waals surface area contributed by atoms with E-state index in [1.54, 1.807) is 18.0 Å². The molecule has 0 atom stereocenters. The number of aromatic carboxylic acids is 1. The van der Waals surface area contributed by atoms with Gasteiger partial charge in [0.25, 0.3) is 0 Å². The summed E-state index contributed by atoms with van der Waals surface area (Å²) in [6.45, 7) is 0. The quantitative estimate of drug-likeness (QED) is 0.826. The van der Waals surface area contributed by atoms with E-state index in [9.17, 15) is 4.79 Å². The standard InChI is InChI=1S/C12H9NO3S/c14-12(15)8-5-9-10(13-6-8)11-7(1-3-16-9)2-4-17-11/h1,3,5-6H,2,4H2,(H,14,15).